The maximum absolute atomic E-state index is 5.39. The van der Waals surface area contributed by atoms with E-state index in [0.717, 1.165) is 44.0 Å². The highest BCUT2D eigenvalue weighted by Gasteiger charge is 2.30. The van der Waals surface area contributed by atoms with Crippen molar-refractivity contribution in [1.82, 2.24) is 15.0 Å². The molecule has 19 heavy (non-hydrogen) atoms. The number of rotatable bonds is 4. The maximum atomic E-state index is 5.39. The molecule has 3 fully saturated rings. The molecule has 3 aliphatic rings. The topological polar surface area (TPSA) is 63.2 Å². The lowest BCUT2D eigenvalue weighted by Crippen LogP contribution is -2.37. The fraction of sp³-hybridized carbons (Fsp3) is 0.769. The van der Waals surface area contributed by atoms with Crippen molar-refractivity contribution < 1.29 is 4.74 Å². The van der Waals surface area contributed by atoms with E-state index in [1.807, 2.05) is 0 Å². The van der Waals surface area contributed by atoms with E-state index in [-0.39, 0.29) is 0 Å². The van der Waals surface area contributed by atoms with Gasteiger partial charge in [0.25, 0.3) is 0 Å². The number of ether oxygens (including phenoxy) is 1. The van der Waals surface area contributed by atoms with Crippen LogP contribution in [0.25, 0.3) is 0 Å². The zero-order valence-electron chi connectivity index (χ0n) is 11.0. The predicted octanol–water partition coefficient (Wildman–Crippen LogP) is 1.16. The first kappa shape index (κ1) is 11.4. The molecule has 0 amide bonds. The smallest absolute Gasteiger partial charge is 0.230 e. The summed E-state index contributed by atoms with van der Waals surface area (Å²) in [5.41, 5.74) is 0. The second-order valence-electron chi connectivity index (χ2n) is 5.61. The Bertz CT molecular complexity index is 466. The van der Waals surface area contributed by atoms with Crippen LogP contribution in [0.2, 0.25) is 0 Å². The van der Waals surface area contributed by atoms with Gasteiger partial charge in [0.15, 0.2) is 0 Å². The van der Waals surface area contributed by atoms with Crippen LogP contribution in [0, 0.1) is 0 Å². The lowest BCUT2D eigenvalue weighted by molar-refractivity contribution is 0.122. The lowest BCUT2D eigenvalue weighted by Gasteiger charge is -2.27. The highest BCUT2D eigenvalue weighted by molar-refractivity contribution is 5.39. The van der Waals surface area contributed by atoms with Crippen LogP contribution in [0.4, 0.5) is 11.9 Å². The number of aromatic nitrogens is 3. The van der Waals surface area contributed by atoms with Gasteiger partial charge in [0.2, 0.25) is 11.9 Å². The zero-order chi connectivity index (χ0) is 12.7. The van der Waals surface area contributed by atoms with Crippen molar-refractivity contribution in [3.05, 3.63) is 5.82 Å². The second kappa shape index (κ2) is 4.59. The average Bonchev–Trinajstić information content (AvgIpc) is 3.33. The fourth-order valence-electron chi connectivity index (χ4n) is 2.28. The van der Waals surface area contributed by atoms with Crippen molar-refractivity contribution in [1.29, 1.82) is 0 Å². The van der Waals surface area contributed by atoms with Gasteiger partial charge in [0.1, 0.15) is 5.82 Å². The number of anilines is 2. The Morgan fingerprint density at radius 3 is 2.47 bits per heavy atom. The molecule has 6 heteroatoms. The molecule has 0 bridgehead atoms. The minimum Gasteiger partial charge on any atom is -0.378 e. The molecule has 6 nitrogen and oxygen atoms in total. The average molecular weight is 261 g/mol. The molecule has 2 heterocycles. The monoisotopic (exact) mass is 261 g/mol. The van der Waals surface area contributed by atoms with E-state index in [2.05, 4.69) is 25.2 Å². The number of morpholine rings is 1. The SMILES string of the molecule is C1CN(c2nc(NC3CC3)nc(C3CC3)n2)CCO1. The van der Waals surface area contributed by atoms with Crippen molar-refractivity contribution in [2.45, 2.75) is 37.6 Å². The summed E-state index contributed by atoms with van der Waals surface area (Å²) in [5.74, 6) is 3.12. The molecule has 0 atom stereocenters. The van der Waals surface area contributed by atoms with E-state index < -0.39 is 0 Å². The maximum Gasteiger partial charge on any atom is 0.230 e. The van der Waals surface area contributed by atoms with Crippen LogP contribution in [-0.4, -0.2) is 47.3 Å². The summed E-state index contributed by atoms with van der Waals surface area (Å²) in [6.45, 7) is 3.26. The molecule has 102 valence electrons. The summed E-state index contributed by atoms with van der Waals surface area (Å²) in [4.78, 5) is 16.0. The molecule has 0 radical (unpaired) electrons. The van der Waals surface area contributed by atoms with Gasteiger partial charge in [-0.2, -0.15) is 15.0 Å². The molecule has 0 unspecified atom stereocenters. The molecule has 0 aromatic carbocycles. The Morgan fingerprint density at radius 2 is 1.79 bits per heavy atom. The van der Waals surface area contributed by atoms with Crippen LogP contribution in [0.15, 0.2) is 0 Å². The number of hydrogen-bond acceptors (Lipinski definition) is 6. The fourth-order valence-corrected chi connectivity index (χ4v) is 2.28. The van der Waals surface area contributed by atoms with Crippen molar-refractivity contribution in [2.75, 3.05) is 36.5 Å². The summed E-state index contributed by atoms with van der Waals surface area (Å²) < 4.78 is 5.39. The third-order valence-electron chi connectivity index (χ3n) is 3.79. The van der Waals surface area contributed by atoms with Crippen molar-refractivity contribution in [3.63, 3.8) is 0 Å². The van der Waals surface area contributed by atoms with Gasteiger partial charge in [-0.15, -0.1) is 0 Å². The summed E-state index contributed by atoms with van der Waals surface area (Å²) in [6.07, 6.45) is 4.90. The molecule has 1 N–H and O–H groups in total. The first-order chi connectivity index (χ1) is 9.38. The first-order valence-corrected chi connectivity index (χ1v) is 7.24. The summed E-state index contributed by atoms with van der Waals surface area (Å²) in [7, 11) is 0. The normalized spacial score (nSPS) is 23.5. The molecule has 2 saturated carbocycles. The van der Waals surface area contributed by atoms with Crippen LogP contribution in [0.3, 0.4) is 0 Å². The van der Waals surface area contributed by atoms with E-state index in [0.29, 0.717) is 12.0 Å². The third kappa shape index (κ3) is 2.63. The van der Waals surface area contributed by atoms with Crippen LogP contribution in [0.5, 0.6) is 0 Å². The minimum atomic E-state index is 0.558. The van der Waals surface area contributed by atoms with Gasteiger partial charge in [-0.25, -0.2) is 0 Å². The Balaban J connectivity index is 1.61. The summed E-state index contributed by atoms with van der Waals surface area (Å²) >= 11 is 0. The minimum absolute atomic E-state index is 0.558. The molecular weight excluding hydrogens is 242 g/mol. The Labute approximate surface area is 112 Å². The van der Waals surface area contributed by atoms with Gasteiger partial charge in [0.05, 0.1) is 13.2 Å². The zero-order valence-corrected chi connectivity index (χ0v) is 11.0. The first-order valence-electron chi connectivity index (χ1n) is 7.24. The number of nitrogens with one attached hydrogen (secondary N) is 1. The Kier molecular flexibility index (Phi) is 2.76. The van der Waals surface area contributed by atoms with E-state index >= 15 is 0 Å². The largest absolute Gasteiger partial charge is 0.378 e. The van der Waals surface area contributed by atoms with Gasteiger partial charge in [-0.3, -0.25) is 0 Å². The molecular formula is C13H19N5O. The summed E-state index contributed by atoms with van der Waals surface area (Å²) in [6, 6.07) is 0.576. The summed E-state index contributed by atoms with van der Waals surface area (Å²) in [5, 5.41) is 3.40. The van der Waals surface area contributed by atoms with Gasteiger partial charge in [0, 0.05) is 25.0 Å². The predicted molar refractivity (Wildman–Crippen MR) is 71.5 cm³/mol. The molecule has 1 aliphatic heterocycles. The number of hydrogen-bond donors (Lipinski definition) is 1. The number of nitrogens with zero attached hydrogens (tertiary/aromatic N) is 4. The standard InChI is InChI=1S/C13H19N5O/c1-2-9(1)11-15-12(14-10-3-4-10)17-13(16-11)18-5-7-19-8-6-18/h9-10H,1-8H2,(H,14,15,16,17). The van der Waals surface area contributed by atoms with Crippen LogP contribution < -0.4 is 10.2 Å². The van der Waals surface area contributed by atoms with Gasteiger partial charge < -0.3 is 15.0 Å². The highest BCUT2D eigenvalue weighted by atomic mass is 16.5. The molecule has 1 aromatic rings. The van der Waals surface area contributed by atoms with Crippen molar-refractivity contribution in [2.24, 2.45) is 0 Å². The van der Waals surface area contributed by atoms with Crippen molar-refractivity contribution in [3.8, 4) is 0 Å². The van der Waals surface area contributed by atoms with Gasteiger partial charge in [-0.05, 0) is 25.7 Å². The van der Waals surface area contributed by atoms with Crippen LogP contribution >= 0.6 is 0 Å². The van der Waals surface area contributed by atoms with E-state index in [4.69, 9.17) is 4.74 Å². The van der Waals surface area contributed by atoms with Crippen LogP contribution in [-0.2, 0) is 4.74 Å². The molecule has 4 rings (SSSR count). The highest BCUT2D eigenvalue weighted by Crippen LogP contribution is 2.39. The second-order valence-corrected chi connectivity index (χ2v) is 5.61. The van der Waals surface area contributed by atoms with Gasteiger partial charge >= 0.3 is 0 Å². The quantitative estimate of drug-likeness (QED) is 0.877. The molecule has 0 spiro atoms. The molecule has 1 saturated heterocycles. The molecule has 2 aliphatic carbocycles. The molecule has 1 aromatic heterocycles. The van der Waals surface area contributed by atoms with E-state index in [1.54, 1.807) is 0 Å². The third-order valence-corrected chi connectivity index (χ3v) is 3.79. The Morgan fingerprint density at radius 1 is 1.00 bits per heavy atom. The Hall–Kier alpha value is -1.43. The van der Waals surface area contributed by atoms with E-state index in [9.17, 15) is 0 Å². The van der Waals surface area contributed by atoms with E-state index in [1.165, 1.54) is 25.7 Å². The van der Waals surface area contributed by atoms with Crippen molar-refractivity contribution >= 4 is 11.9 Å². The van der Waals surface area contributed by atoms with Gasteiger partial charge in [-0.1, -0.05) is 0 Å². The van der Waals surface area contributed by atoms with Crippen LogP contribution in [0.1, 0.15) is 37.4 Å². The lowest BCUT2D eigenvalue weighted by atomic mass is 10.4.